The van der Waals surface area contributed by atoms with E-state index in [0.717, 1.165) is 5.56 Å². The van der Waals surface area contributed by atoms with E-state index in [0.29, 0.717) is 18.1 Å². The second-order valence-electron chi connectivity index (χ2n) is 4.44. The lowest BCUT2D eigenvalue weighted by atomic mass is 10.1. The van der Waals surface area contributed by atoms with Crippen molar-refractivity contribution in [2.45, 2.75) is 19.0 Å². The fraction of sp³-hybridized carbons (Fsp3) is 0.417. The van der Waals surface area contributed by atoms with Gasteiger partial charge in [-0.05, 0) is 24.6 Å². The van der Waals surface area contributed by atoms with E-state index in [-0.39, 0.29) is 18.1 Å². The molecule has 1 aliphatic rings. The quantitative estimate of drug-likeness (QED) is 0.862. The van der Waals surface area contributed by atoms with Crippen LogP contribution >= 0.6 is 11.6 Å². The molecular formula is C12H16ClN3O. The third kappa shape index (κ3) is 2.90. The van der Waals surface area contributed by atoms with E-state index in [1.165, 1.54) is 0 Å². The molecule has 0 aromatic heterocycles. The first-order chi connectivity index (χ1) is 8.06. The third-order valence-corrected chi connectivity index (χ3v) is 3.02. The fourth-order valence-electron chi connectivity index (χ4n) is 1.98. The van der Waals surface area contributed by atoms with Gasteiger partial charge >= 0.3 is 6.03 Å². The standard InChI is InChI=1S/C12H16ClN3O/c1-8(14)6-16-7-11(15-12(16)17)9-2-4-10(13)5-3-9/h2-5,8,11H,6-7,14H2,1H3,(H,15,17). The maximum absolute atomic E-state index is 11.7. The number of carbonyl (C=O) groups excluding carboxylic acids is 1. The Morgan fingerprint density at radius 1 is 1.53 bits per heavy atom. The molecule has 17 heavy (non-hydrogen) atoms. The van der Waals surface area contributed by atoms with E-state index >= 15 is 0 Å². The van der Waals surface area contributed by atoms with E-state index in [4.69, 9.17) is 17.3 Å². The Labute approximate surface area is 106 Å². The van der Waals surface area contributed by atoms with E-state index in [2.05, 4.69) is 5.32 Å². The van der Waals surface area contributed by atoms with Crippen molar-refractivity contribution >= 4 is 17.6 Å². The highest BCUT2D eigenvalue weighted by atomic mass is 35.5. The smallest absolute Gasteiger partial charge is 0.318 e. The van der Waals surface area contributed by atoms with Crippen LogP contribution in [-0.4, -0.2) is 30.1 Å². The Morgan fingerprint density at radius 2 is 2.18 bits per heavy atom. The van der Waals surface area contributed by atoms with E-state index in [1.807, 2.05) is 31.2 Å². The SMILES string of the molecule is CC(N)CN1CC(c2ccc(Cl)cc2)NC1=O. The molecule has 2 rings (SSSR count). The van der Waals surface area contributed by atoms with Crippen LogP contribution in [0.1, 0.15) is 18.5 Å². The third-order valence-electron chi connectivity index (χ3n) is 2.77. The van der Waals surface area contributed by atoms with Crippen molar-refractivity contribution in [1.82, 2.24) is 10.2 Å². The molecule has 2 amide bonds. The molecule has 2 atom stereocenters. The molecule has 4 nitrogen and oxygen atoms in total. The summed E-state index contributed by atoms with van der Waals surface area (Å²) in [5.41, 5.74) is 6.76. The Balaban J connectivity index is 2.05. The van der Waals surface area contributed by atoms with E-state index < -0.39 is 0 Å². The van der Waals surface area contributed by atoms with Crippen LogP contribution in [0.15, 0.2) is 24.3 Å². The average molecular weight is 254 g/mol. The van der Waals surface area contributed by atoms with E-state index in [9.17, 15) is 4.79 Å². The zero-order valence-electron chi connectivity index (χ0n) is 9.69. The maximum atomic E-state index is 11.7. The number of nitrogens with two attached hydrogens (primary N) is 1. The molecule has 5 heteroatoms. The van der Waals surface area contributed by atoms with Gasteiger partial charge in [0.05, 0.1) is 6.04 Å². The number of halogens is 1. The molecule has 92 valence electrons. The zero-order valence-corrected chi connectivity index (χ0v) is 10.4. The van der Waals surface area contributed by atoms with Gasteiger partial charge in [0.25, 0.3) is 0 Å². The van der Waals surface area contributed by atoms with Crippen LogP contribution in [0.5, 0.6) is 0 Å². The minimum atomic E-state index is -0.0535. The number of amides is 2. The minimum absolute atomic E-state index is 0.00952. The largest absolute Gasteiger partial charge is 0.329 e. The molecule has 1 heterocycles. The molecule has 0 bridgehead atoms. The summed E-state index contributed by atoms with van der Waals surface area (Å²) in [7, 11) is 0. The van der Waals surface area contributed by atoms with Gasteiger partial charge in [0, 0.05) is 24.2 Å². The lowest BCUT2D eigenvalue weighted by Crippen LogP contribution is -2.37. The van der Waals surface area contributed by atoms with Gasteiger partial charge in [-0.25, -0.2) is 4.79 Å². The number of carbonyl (C=O) groups is 1. The first-order valence-electron chi connectivity index (χ1n) is 5.63. The predicted octanol–water partition coefficient (Wildman–Crippen LogP) is 1.75. The van der Waals surface area contributed by atoms with Crippen molar-refractivity contribution < 1.29 is 4.79 Å². The van der Waals surface area contributed by atoms with Gasteiger partial charge in [0.2, 0.25) is 0 Å². The molecule has 1 aromatic rings. The fourth-order valence-corrected chi connectivity index (χ4v) is 2.10. The Morgan fingerprint density at radius 3 is 2.76 bits per heavy atom. The topological polar surface area (TPSA) is 58.4 Å². The van der Waals surface area contributed by atoms with Gasteiger partial charge in [0.15, 0.2) is 0 Å². The van der Waals surface area contributed by atoms with Gasteiger partial charge < -0.3 is 16.0 Å². The molecule has 0 radical (unpaired) electrons. The first-order valence-corrected chi connectivity index (χ1v) is 6.00. The molecule has 3 N–H and O–H groups in total. The van der Waals surface area contributed by atoms with Crippen LogP contribution in [0.4, 0.5) is 4.79 Å². The monoisotopic (exact) mass is 253 g/mol. The van der Waals surface area contributed by atoms with Crippen molar-refractivity contribution in [1.29, 1.82) is 0 Å². The zero-order chi connectivity index (χ0) is 12.4. The molecule has 0 aliphatic carbocycles. The van der Waals surface area contributed by atoms with Gasteiger partial charge in [-0.1, -0.05) is 23.7 Å². The van der Waals surface area contributed by atoms with Crippen LogP contribution in [0.2, 0.25) is 5.02 Å². The van der Waals surface area contributed by atoms with Crippen molar-refractivity contribution in [3.05, 3.63) is 34.9 Å². The highest BCUT2D eigenvalue weighted by Gasteiger charge is 2.29. The van der Waals surface area contributed by atoms with Crippen molar-refractivity contribution in [3.8, 4) is 0 Å². The summed E-state index contributed by atoms with van der Waals surface area (Å²) >= 11 is 5.83. The minimum Gasteiger partial charge on any atom is -0.329 e. The molecule has 0 spiro atoms. The van der Waals surface area contributed by atoms with Crippen LogP contribution in [0.3, 0.4) is 0 Å². The summed E-state index contributed by atoms with van der Waals surface area (Å²) < 4.78 is 0. The first kappa shape index (κ1) is 12.2. The summed E-state index contributed by atoms with van der Waals surface area (Å²) in [5.74, 6) is 0. The van der Waals surface area contributed by atoms with Crippen LogP contribution in [-0.2, 0) is 0 Å². The molecule has 0 saturated carbocycles. The van der Waals surface area contributed by atoms with Crippen LogP contribution < -0.4 is 11.1 Å². The normalized spacial score (nSPS) is 21.5. The molecule has 1 saturated heterocycles. The number of nitrogens with one attached hydrogen (secondary N) is 1. The van der Waals surface area contributed by atoms with Gasteiger partial charge in [-0.3, -0.25) is 0 Å². The average Bonchev–Trinajstić information content (AvgIpc) is 2.60. The predicted molar refractivity (Wildman–Crippen MR) is 67.9 cm³/mol. The van der Waals surface area contributed by atoms with Crippen molar-refractivity contribution in [3.63, 3.8) is 0 Å². The number of nitrogens with zero attached hydrogens (tertiary/aromatic N) is 1. The molecular weight excluding hydrogens is 238 g/mol. The lowest BCUT2D eigenvalue weighted by Gasteiger charge is -2.16. The maximum Gasteiger partial charge on any atom is 0.318 e. The van der Waals surface area contributed by atoms with Crippen molar-refractivity contribution in [2.24, 2.45) is 5.73 Å². The number of benzene rings is 1. The second-order valence-corrected chi connectivity index (χ2v) is 4.87. The summed E-state index contributed by atoms with van der Waals surface area (Å²) in [6.07, 6.45) is 0. The highest BCUT2D eigenvalue weighted by molar-refractivity contribution is 6.30. The number of urea groups is 1. The summed E-state index contributed by atoms with van der Waals surface area (Å²) in [6, 6.07) is 7.49. The molecule has 1 fully saturated rings. The molecule has 1 aliphatic heterocycles. The second kappa shape index (κ2) is 4.94. The number of rotatable bonds is 3. The Kier molecular flexibility index (Phi) is 3.54. The van der Waals surface area contributed by atoms with Gasteiger partial charge in [-0.2, -0.15) is 0 Å². The number of hydrogen-bond acceptors (Lipinski definition) is 2. The van der Waals surface area contributed by atoms with Gasteiger partial charge in [-0.15, -0.1) is 0 Å². The van der Waals surface area contributed by atoms with Crippen LogP contribution in [0, 0.1) is 0 Å². The lowest BCUT2D eigenvalue weighted by molar-refractivity contribution is 0.215. The van der Waals surface area contributed by atoms with Gasteiger partial charge in [0.1, 0.15) is 0 Å². The molecule has 2 unspecified atom stereocenters. The summed E-state index contributed by atoms with van der Waals surface area (Å²) in [6.45, 7) is 3.13. The van der Waals surface area contributed by atoms with E-state index in [1.54, 1.807) is 4.90 Å². The Hall–Kier alpha value is -1.26. The van der Waals surface area contributed by atoms with Crippen molar-refractivity contribution in [2.75, 3.05) is 13.1 Å². The summed E-state index contributed by atoms with van der Waals surface area (Å²) in [5, 5.41) is 3.63. The van der Waals surface area contributed by atoms with Crippen LogP contribution in [0.25, 0.3) is 0 Å². The highest BCUT2D eigenvalue weighted by Crippen LogP contribution is 2.21. The summed E-state index contributed by atoms with van der Waals surface area (Å²) in [4.78, 5) is 13.4. The molecule has 1 aromatic carbocycles. The number of hydrogen-bond donors (Lipinski definition) is 2. The Bertz CT molecular complexity index is 405.